The molecule has 35 heavy (non-hydrogen) atoms. The quantitative estimate of drug-likeness (QED) is 0.312. The first-order chi connectivity index (χ1) is 17.0. The largest absolute Gasteiger partial charge is 0.497 e. The lowest BCUT2D eigenvalue weighted by molar-refractivity contribution is 0.310. The predicted octanol–water partition coefficient (Wildman–Crippen LogP) is 6.32. The highest BCUT2D eigenvalue weighted by Gasteiger charge is 2.41. The van der Waals surface area contributed by atoms with Gasteiger partial charge in [0.2, 0.25) is 0 Å². The molecular weight excluding hydrogens is 476 g/mol. The molecule has 7 heteroatoms. The zero-order valence-electron chi connectivity index (χ0n) is 19.9. The Labute approximate surface area is 216 Å². The molecule has 0 radical (unpaired) electrons. The molecule has 1 saturated heterocycles. The molecular formula is C28H27ClN4OS. The minimum absolute atomic E-state index is 0.0290. The summed E-state index contributed by atoms with van der Waals surface area (Å²) in [7, 11) is 1.68. The fourth-order valence-electron chi connectivity index (χ4n) is 4.94. The van der Waals surface area contributed by atoms with E-state index in [2.05, 4.69) is 63.9 Å². The van der Waals surface area contributed by atoms with Gasteiger partial charge in [-0.15, -0.1) is 0 Å². The van der Waals surface area contributed by atoms with Crippen LogP contribution < -0.4 is 10.1 Å². The van der Waals surface area contributed by atoms with Crippen molar-refractivity contribution >= 4 is 28.9 Å². The molecule has 3 heterocycles. The summed E-state index contributed by atoms with van der Waals surface area (Å²) in [6.45, 7) is 4.96. The number of aryl methyl sites for hydroxylation is 1. The van der Waals surface area contributed by atoms with Crippen molar-refractivity contribution in [1.82, 2.24) is 19.8 Å². The van der Waals surface area contributed by atoms with Crippen LogP contribution in [0.25, 0.3) is 5.69 Å². The van der Waals surface area contributed by atoms with Gasteiger partial charge in [-0.1, -0.05) is 35.9 Å². The number of ether oxygens (including phenoxy) is 1. The Hall–Kier alpha value is -3.35. The second kappa shape index (κ2) is 9.72. The molecule has 1 aliphatic heterocycles. The molecule has 0 aliphatic carbocycles. The standard InChI is InChI=1S/C28H27ClN4OS/c1-18-15-24(19(2)33(18)22-8-6-7-21(29)16-22)27-26(25-9-4-5-14-30-25)31-28(35)32(27)17-20-10-12-23(34-3)13-11-20/h4-16,26-27H,17H2,1-3H3,(H,31,35)/t26-,27+/m0/s1. The van der Waals surface area contributed by atoms with Crippen LogP contribution in [0.1, 0.15) is 40.3 Å². The van der Waals surface area contributed by atoms with Crippen molar-refractivity contribution in [1.29, 1.82) is 0 Å². The molecule has 1 fully saturated rings. The van der Waals surface area contributed by atoms with E-state index in [1.807, 2.05) is 48.7 Å². The predicted molar refractivity (Wildman–Crippen MR) is 144 cm³/mol. The Bertz CT molecular complexity index is 1350. The molecule has 5 rings (SSSR count). The first-order valence-electron chi connectivity index (χ1n) is 11.5. The van der Waals surface area contributed by atoms with E-state index in [9.17, 15) is 0 Å². The minimum Gasteiger partial charge on any atom is -0.497 e. The number of aromatic nitrogens is 2. The van der Waals surface area contributed by atoms with Crippen LogP contribution in [0.5, 0.6) is 5.75 Å². The van der Waals surface area contributed by atoms with Gasteiger partial charge in [0, 0.05) is 34.8 Å². The number of hydrogen-bond acceptors (Lipinski definition) is 3. The lowest BCUT2D eigenvalue weighted by atomic mass is 9.96. The van der Waals surface area contributed by atoms with Crippen LogP contribution in [0.15, 0.2) is 79.0 Å². The van der Waals surface area contributed by atoms with Crippen molar-refractivity contribution in [3.63, 3.8) is 0 Å². The van der Waals surface area contributed by atoms with Gasteiger partial charge in [0.05, 0.1) is 24.9 Å². The summed E-state index contributed by atoms with van der Waals surface area (Å²) in [6, 6.07) is 24.3. The number of nitrogens with one attached hydrogen (secondary N) is 1. The Morgan fingerprint density at radius 1 is 1.03 bits per heavy atom. The third-order valence-electron chi connectivity index (χ3n) is 6.57. The molecule has 2 aromatic carbocycles. The summed E-state index contributed by atoms with van der Waals surface area (Å²) in [5.41, 5.74) is 6.67. The zero-order chi connectivity index (χ0) is 24.5. The summed E-state index contributed by atoms with van der Waals surface area (Å²) >= 11 is 12.2. The molecule has 5 nitrogen and oxygen atoms in total. The summed E-state index contributed by atoms with van der Waals surface area (Å²) < 4.78 is 7.59. The third-order valence-corrected chi connectivity index (χ3v) is 7.15. The lowest BCUT2D eigenvalue weighted by Gasteiger charge is -2.28. The van der Waals surface area contributed by atoms with E-state index in [1.165, 1.54) is 5.56 Å². The van der Waals surface area contributed by atoms with Gasteiger partial charge in [0.25, 0.3) is 0 Å². The topological polar surface area (TPSA) is 42.3 Å². The number of nitrogens with zero attached hydrogens (tertiary/aromatic N) is 3. The number of benzene rings is 2. The highest BCUT2D eigenvalue weighted by molar-refractivity contribution is 7.80. The molecule has 0 spiro atoms. The van der Waals surface area contributed by atoms with Crippen molar-refractivity contribution < 1.29 is 4.74 Å². The summed E-state index contributed by atoms with van der Waals surface area (Å²) in [5, 5.41) is 4.99. The van der Waals surface area contributed by atoms with Gasteiger partial charge in [0.15, 0.2) is 5.11 Å². The maximum absolute atomic E-state index is 6.32. The van der Waals surface area contributed by atoms with Gasteiger partial charge in [-0.3, -0.25) is 4.98 Å². The van der Waals surface area contributed by atoms with E-state index in [-0.39, 0.29) is 12.1 Å². The van der Waals surface area contributed by atoms with Crippen molar-refractivity contribution in [3.8, 4) is 11.4 Å². The maximum Gasteiger partial charge on any atom is 0.170 e. The normalized spacial score (nSPS) is 17.5. The fourth-order valence-corrected chi connectivity index (χ4v) is 5.43. The van der Waals surface area contributed by atoms with Crippen molar-refractivity contribution in [2.45, 2.75) is 32.5 Å². The third kappa shape index (κ3) is 4.51. The Balaban J connectivity index is 1.60. The number of methoxy groups -OCH3 is 1. The lowest BCUT2D eigenvalue weighted by Crippen LogP contribution is -2.29. The number of halogens is 1. The first kappa shape index (κ1) is 23.4. The SMILES string of the molecule is COc1ccc(CN2C(=S)N[C@@H](c3ccccn3)[C@H]2c2cc(C)n(-c3cccc(Cl)c3)c2C)cc1. The van der Waals surface area contributed by atoms with E-state index >= 15 is 0 Å². The second-order valence-electron chi connectivity index (χ2n) is 8.74. The molecule has 4 aromatic rings. The van der Waals surface area contributed by atoms with Crippen LogP contribution in [0.2, 0.25) is 5.02 Å². The van der Waals surface area contributed by atoms with Crippen LogP contribution in [0.4, 0.5) is 0 Å². The molecule has 0 unspecified atom stereocenters. The number of thiocarbonyl (C=S) groups is 1. The van der Waals surface area contributed by atoms with E-state index in [1.54, 1.807) is 7.11 Å². The summed E-state index contributed by atoms with van der Waals surface area (Å²) in [4.78, 5) is 6.94. The average Bonchev–Trinajstić information content (AvgIpc) is 3.34. The first-order valence-corrected chi connectivity index (χ1v) is 12.3. The molecule has 2 aromatic heterocycles. The molecule has 2 atom stereocenters. The molecule has 0 saturated carbocycles. The Kier molecular flexibility index (Phi) is 6.50. The maximum atomic E-state index is 6.32. The van der Waals surface area contributed by atoms with Crippen LogP contribution in [-0.4, -0.2) is 26.7 Å². The van der Waals surface area contributed by atoms with Crippen LogP contribution in [0, 0.1) is 13.8 Å². The van der Waals surface area contributed by atoms with Gasteiger partial charge in [-0.05, 0) is 85.7 Å². The van der Waals surface area contributed by atoms with E-state index in [4.69, 9.17) is 28.6 Å². The molecule has 0 bridgehead atoms. The second-order valence-corrected chi connectivity index (χ2v) is 9.57. The fraction of sp³-hybridized carbons (Fsp3) is 0.214. The van der Waals surface area contributed by atoms with E-state index in [0.717, 1.165) is 34.1 Å². The smallest absolute Gasteiger partial charge is 0.170 e. The van der Waals surface area contributed by atoms with Gasteiger partial charge in [-0.2, -0.15) is 0 Å². The molecule has 1 N–H and O–H groups in total. The number of rotatable bonds is 6. The van der Waals surface area contributed by atoms with E-state index in [0.29, 0.717) is 16.7 Å². The number of pyridine rings is 1. The molecule has 1 aliphatic rings. The minimum atomic E-state index is -0.0738. The van der Waals surface area contributed by atoms with Crippen molar-refractivity contribution in [2.75, 3.05) is 7.11 Å². The Morgan fingerprint density at radius 2 is 1.83 bits per heavy atom. The van der Waals surface area contributed by atoms with Gasteiger partial charge < -0.3 is 19.5 Å². The molecule has 0 amide bonds. The van der Waals surface area contributed by atoms with Crippen molar-refractivity contribution in [3.05, 3.63) is 112 Å². The zero-order valence-corrected chi connectivity index (χ0v) is 21.5. The van der Waals surface area contributed by atoms with Crippen LogP contribution in [0.3, 0.4) is 0 Å². The van der Waals surface area contributed by atoms with Gasteiger partial charge >= 0.3 is 0 Å². The van der Waals surface area contributed by atoms with Crippen LogP contribution in [-0.2, 0) is 6.54 Å². The molecule has 178 valence electrons. The van der Waals surface area contributed by atoms with E-state index < -0.39 is 0 Å². The summed E-state index contributed by atoms with van der Waals surface area (Å²) in [5.74, 6) is 0.837. The highest BCUT2D eigenvalue weighted by atomic mass is 35.5. The number of hydrogen-bond donors (Lipinski definition) is 1. The van der Waals surface area contributed by atoms with Crippen molar-refractivity contribution in [2.24, 2.45) is 0 Å². The van der Waals surface area contributed by atoms with Gasteiger partial charge in [0.1, 0.15) is 5.75 Å². The highest BCUT2D eigenvalue weighted by Crippen LogP contribution is 2.42. The summed E-state index contributed by atoms with van der Waals surface area (Å²) in [6.07, 6.45) is 1.83. The monoisotopic (exact) mass is 502 g/mol. The van der Waals surface area contributed by atoms with Gasteiger partial charge in [-0.25, -0.2) is 0 Å². The average molecular weight is 503 g/mol. The Morgan fingerprint density at radius 3 is 2.51 bits per heavy atom. The van der Waals surface area contributed by atoms with Crippen LogP contribution >= 0.6 is 23.8 Å².